The smallest absolute Gasteiger partial charge is 0.326 e. The summed E-state index contributed by atoms with van der Waals surface area (Å²) in [6.45, 7) is 0. The van der Waals surface area contributed by atoms with Crippen molar-refractivity contribution < 1.29 is 23.1 Å². The van der Waals surface area contributed by atoms with Crippen LogP contribution in [0.4, 0.5) is 0 Å². The van der Waals surface area contributed by atoms with E-state index in [-0.39, 0.29) is 23.6 Å². The fourth-order valence-corrected chi connectivity index (χ4v) is 5.00. The van der Waals surface area contributed by atoms with Gasteiger partial charge in [0.05, 0.1) is 5.75 Å². The molecule has 1 aliphatic carbocycles. The quantitative estimate of drug-likeness (QED) is 0.882. The molecule has 1 aromatic rings. The second-order valence-corrected chi connectivity index (χ2v) is 9.32. The molecule has 0 unspecified atom stereocenters. The van der Waals surface area contributed by atoms with Crippen LogP contribution in [0.15, 0.2) is 24.3 Å². The molecule has 2 fully saturated rings. The number of benzene rings is 1. The molecule has 7 heteroatoms. The van der Waals surface area contributed by atoms with Crippen LogP contribution in [0, 0.1) is 5.92 Å². The second-order valence-electron chi connectivity index (χ2n) is 7.18. The molecule has 0 aromatic heterocycles. The molecule has 2 aliphatic rings. The summed E-state index contributed by atoms with van der Waals surface area (Å²) in [6.07, 6.45) is 5.55. The summed E-state index contributed by atoms with van der Waals surface area (Å²) >= 11 is 0. The number of carboxylic acid groups (broad SMARTS) is 1. The van der Waals surface area contributed by atoms with E-state index in [0.29, 0.717) is 17.5 Å². The van der Waals surface area contributed by atoms with Crippen LogP contribution in [-0.4, -0.2) is 48.6 Å². The van der Waals surface area contributed by atoms with Crippen LogP contribution in [0.2, 0.25) is 0 Å². The maximum atomic E-state index is 13.0. The minimum atomic E-state index is -3.20. The van der Waals surface area contributed by atoms with Crippen LogP contribution in [0.25, 0.3) is 0 Å². The molecule has 1 aliphatic heterocycles. The predicted molar refractivity (Wildman–Crippen MR) is 92.9 cm³/mol. The molecule has 1 saturated heterocycles. The van der Waals surface area contributed by atoms with Gasteiger partial charge in [0.1, 0.15) is 6.04 Å². The number of fused-ring (bicyclic) bond motifs is 1. The van der Waals surface area contributed by atoms with Gasteiger partial charge in [-0.25, -0.2) is 13.2 Å². The molecule has 3 rings (SSSR count). The van der Waals surface area contributed by atoms with Gasteiger partial charge in [-0.2, -0.15) is 0 Å². The molecule has 1 heterocycles. The van der Waals surface area contributed by atoms with E-state index < -0.39 is 21.8 Å². The highest BCUT2D eigenvalue weighted by Gasteiger charge is 2.47. The van der Waals surface area contributed by atoms with Crippen molar-refractivity contribution in [3.63, 3.8) is 0 Å². The molecule has 1 aromatic carbocycles. The van der Waals surface area contributed by atoms with E-state index in [9.17, 15) is 23.1 Å². The minimum Gasteiger partial charge on any atom is -0.480 e. The van der Waals surface area contributed by atoms with Gasteiger partial charge < -0.3 is 10.0 Å². The Balaban J connectivity index is 1.90. The van der Waals surface area contributed by atoms with Crippen LogP contribution in [-0.2, 0) is 20.4 Å². The second kappa shape index (κ2) is 6.78. The Labute approximate surface area is 147 Å². The first kappa shape index (κ1) is 17.9. The summed E-state index contributed by atoms with van der Waals surface area (Å²) in [6, 6.07) is 5.69. The summed E-state index contributed by atoms with van der Waals surface area (Å²) in [5.74, 6) is -1.16. The maximum absolute atomic E-state index is 13.0. The van der Waals surface area contributed by atoms with E-state index in [1.807, 2.05) is 0 Å². The van der Waals surface area contributed by atoms with E-state index in [2.05, 4.69) is 0 Å². The number of amides is 1. The number of hydrogen-bond donors (Lipinski definition) is 1. The van der Waals surface area contributed by atoms with E-state index in [0.717, 1.165) is 31.9 Å². The first-order chi connectivity index (χ1) is 11.8. The van der Waals surface area contributed by atoms with Gasteiger partial charge in [0, 0.05) is 17.9 Å². The van der Waals surface area contributed by atoms with Crippen molar-refractivity contribution >= 4 is 21.7 Å². The maximum Gasteiger partial charge on any atom is 0.326 e. The average Bonchev–Trinajstić information content (AvgIpc) is 2.92. The molecule has 0 spiro atoms. The van der Waals surface area contributed by atoms with Gasteiger partial charge >= 0.3 is 5.97 Å². The van der Waals surface area contributed by atoms with Crippen LogP contribution < -0.4 is 0 Å². The number of carbonyl (C=O) groups excluding carboxylic acids is 1. The monoisotopic (exact) mass is 365 g/mol. The van der Waals surface area contributed by atoms with Crippen molar-refractivity contribution in [1.29, 1.82) is 0 Å². The molecule has 1 saturated carbocycles. The number of aliphatic carboxylic acids is 1. The van der Waals surface area contributed by atoms with Crippen molar-refractivity contribution in [3.05, 3.63) is 35.4 Å². The number of sulfone groups is 1. The summed E-state index contributed by atoms with van der Waals surface area (Å²) in [7, 11) is -3.20. The fraction of sp³-hybridized carbons (Fsp3) is 0.556. The lowest BCUT2D eigenvalue weighted by atomic mass is 9.84. The number of nitrogens with zero attached hydrogens (tertiary/aromatic N) is 1. The Morgan fingerprint density at radius 3 is 2.64 bits per heavy atom. The molecule has 1 amide bonds. The van der Waals surface area contributed by atoms with Crippen LogP contribution in [0.3, 0.4) is 0 Å². The number of carboxylic acids is 1. The summed E-state index contributed by atoms with van der Waals surface area (Å²) in [5, 5.41) is 9.56. The SMILES string of the molecule is CS(=O)(=O)Cc1cccc(C(=O)N2[C@H](C(=O)O)C[C@H]3CCCC[C@@H]32)c1. The minimum absolute atomic E-state index is 0.0269. The molecule has 1 N–H and O–H groups in total. The lowest BCUT2D eigenvalue weighted by Gasteiger charge is -2.33. The lowest BCUT2D eigenvalue weighted by molar-refractivity contribution is -0.141. The van der Waals surface area contributed by atoms with Crippen molar-refractivity contribution in [2.45, 2.75) is 49.9 Å². The topological polar surface area (TPSA) is 91.8 Å². The Bertz CT molecular complexity index is 788. The van der Waals surface area contributed by atoms with E-state index in [4.69, 9.17) is 0 Å². The Hall–Kier alpha value is -1.89. The molecule has 6 nitrogen and oxygen atoms in total. The van der Waals surface area contributed by atoms with Crippen LogP contribution in [0.5, 0.6) is 0 Å². The zero-order valence-electron chi connectivity index (χ0n) is 14.2. The lowest BCUT2D eigenvalue weighted by Crippen LogP contribution is -2.46. The van der Waals surface area contributed by atoms with E-state index >= 15 is 0 Å². The Morgan fingerprint density at radius 1 is 1.24 bits per heavy atom. The van der Waals surface area contributed by atoms with Crippen molar-refractivity contribution in [2.75, 3.05) is 6.26 Å². The highest BCUT2D eigenvalue weighted by molar-refractivity contribution is 7.89. The molecular weight excluding hydrogens is 342 g/mol. The van der Waals surface area contributed by atoms with Crippen LogP contribution in [0.1, 0.15) is 48.0 Å². The molecule has 0 radical (unpaired) electrons. The Kier molecular flexibility index (Phi) is 4.86. The van der Waals surface area contributed by atoms with Gasteiger partial charge in [0.2, 0.25) is 0 Å². The highest BCUT2D eigenvalue weighted by Crippen LogP contribution is 2.40. The van der Waals surface area contributed by atoms with Crippen molar-refractivity contribution in [2.24, 2.45) is 5.92 Å². The molecular formula is C18H23NO5S. The van der Waals surface area contributed by atoms with E-state index in [1.54, 1.807) is 24.3 Å². The number of likely N-dealkylation sites (tertiary alicyclic amines) is 1. The van der Waals surface area contributed by atoms with Gasteiger partial charge in [-0.3, -0.25) is 4.79 Å². The summed E-state index contributed by atoms with van der Waals surface area (Å²) < 4.78 is 23.0. The van der Waals surface area contributed by atoms with Gasteiger partial charge in [-0.1, -0.05) is 25.0 Å². The summed E-state index contributed by atoms with van der Waals surface area (Å²) in [4.78, 5) is 26.3. The fourth-order valence-electron chi connectivity index (χ4n) is 4.22. The van der Waals surface area contributed by atoms with Gasteiger partial charge in [0.25, 0.3) is 5.91 Å². The standard InChI is InChI=1S/C18H23NO5S/c1-25(23,24)11-12-5-4-7-14(9-12)17(20)19-15-8-3-2-6-13(15)10-16(19)18(21)22/h4-5,7,9,13,15-16H,2-3,6,8,10-11H2,1H3,(H,21,22)/t13-,15+,16+/m1/s1. The van der Waals surface area contributed by atoms with Crippen molar-refractivity contribution in [3.8, 4) is 0 Å². The van der Waals surface area contributed by atoms with Crippen LogP contribution >= 0.6 is 0 Å². The molecule has 0 bridgehead atoms. The number of rotatable bonds is 4. The predicted octanol–water partition coefficient (Wildman–Crippen LogP) is 2.09. The largest absolute Gasteiger partial charge is 0.480 e. The average molecular weight is 365 g/mol. The van der Waals surface area contributed by atoms with E-state index in [1.165, 1.54) is 4.90 Å². The first-order valence-electron chi connectivity index (χ1n) is 8.58. The van der Waals surface area contributed by atoms with Gasteiger partial charge in [-0.05, 0) is 42.9 Å². The normalized spacial score (nSPS) is 26.3. The number of carbonyl (C=O) groups is 2. The highest BCUT2D eigenvalue weighted by atomic mass is 32.2. The summed E-state index contributed by atoms with van der Waals surface area (Å²) in [5.41, 5.74) is 0.901. The van der Waals surface area contributed by atoms with Gasteiger partial charge in [-0.15, -0.1) is 0 Å². The third-order valence-electron chi connectivity index (χ3n) is 5.21. The zero-order valence-corrected chi connectivity index (χ0v) is 15.0. The Morgan fingerprint density at radius 2 is 1.96 bits per heavy atom. The first-order valence-corrected chi connectivity index (χ1v) is 10.6. The molecule has 136 valence electrons. The number of hydrogen-bond acceptors (Lipinski definition) is 4. The zero-order chi connectivity index (χ0) is 18.2. The molecule has 25 heavy (non-hydrogen) atoms. The third kappa shape index (κ3) is 3.86. The molecule has 3 atom stereocenters. The third-order valence-corrected chi connectivity index (χ3v) is 6.07. The van der Waals surface area contributed by atoms with Crippen molar-refractivity contribution in [1.82, 2.24) is 4.90 Å². The van der Waals surface area contributed by atoms with Gasteiger partial charge in [0.15, 0.2) is 9.84 Å².